The van der Waals surface area contributed by atoms with E-state index in [1.165, 1.54) is 23.2 Å². The first-order valence-electron chi connectivity index (χ1n) is 12.0. The van der Waals surface area contributed by atoms with E-state index in [4.69, 9.17) is 9.47 Å². The van der Waals surface area contributed by atoms with Crippen LogP contribution in [-0.4, -0.2) is 92.2 Å². The molecule has 0 aliphatic carbocycles. The summed E-state index contributed by atoms with van der Waals surface area (Å²) < 4.78 is 44.3. The lowest BCUT2D eigenvalue weighted by Crippen LogP contribution is -2.40. The number of carbonyl (C=O) groups excluding carboxylic acids is 2. The van der Waals surface area contributed by atoms with Crippen molar-refractivity contribution in [2.45, 2.75) is 16.6 Å². The van der Waals surface area contributed by atoms with Crippen molar-refractivity contribution < 1.29 is 32.2 Å². The molecule has 0 radical (unpaired) electrons. The van der Waals surface area contributed by atoms with Gasteiger partial charge in [-0.25, -0.2) is 13.2 Å². The molecule has 39 heavy (non-hydrogen) atoms. The van der Waals surface area contributed by atoms with Crippen LogP contribution in [0.2, 0.25) is 0 Å². The summed E-state index contributed by atoms with van der Waals surface area (Å²) in [4.78, 5) is 24.3. The Hall–Kier alpha value is -3.30. The smallest absolute Gasteiger partial charge is 0.337 e. The first-order valence-corrected chi connectivity index (χ1v) is 14.5. The second kappa shape index (κ2) is 13.2. The van der Waals surface area contributed by atoms with Gasteiger partial charge < -0.3 is 19.5 Å². The Morgan fingerprint density at radius 3 is 2.36 bits per heavy atom. The van der Waals surface area contributed by atoms with Crippen molar-refractivity contribution in [3.8, 4) is 11.4 Å². The molecule has 2 heterocycles. The number of benzene rings is 2. The Bertz CT molecular complexity index is 1390. The molecule has 0 bridgehead atoms. The fraction of sp³-hybridized carbons (Fsp3) is 0.360. The third-order valence-electron chi connectivity index (χ3n) is 5.88. The fourth-order valence-electron chi connectivity index (χ4n) is 3.84. The average molecular weight is 576 g/mol. The highest BCUT2D eigenvalue weighted by Crippen LogP contribution is 2.26. The maximum absolute atomic E-state index is 12.9. The number of anilines is 1. The molecule has 0 saturated carbocycles. The van der Waals surface area contributed by atoms with Gasteiger partial charge in [0.25, 0.3) is 0 Å². The molecule has 3 aromatic rings. The normalized spacial score (nSPS) is 14.2. The topological polar surface area (TPSA) is 142 Å². The minimum absolute atomic E-state index is 0.0700. The molecule has 1 amide bonds. The van der Waals surface area contributed by atoms with Crippen LogP contribution in [0.1, 0.15) is 10.4 Å². The van der Waals surface area contributed by atoms with Crippen molar-refractivity contribution >= 4 is 39.3 Å². The van der Waals surface area contributed by atoms with Crippen LogP contribution in [0.25, 0.3) is 11.4 Å². The molecule has 1 N–H and O–H groups in total. The molecular weight excluding hydrogens is 546 g/mol. The lowest BCUT2D eigenvalue weighted by atomic mass is 10.2. The molecule has 0 atom stereocenters. The van der Waals surface area contributed by atoms with Crippen LogP contribution >= 0.6 is 11.8 Å². The van der Waals surface area contributed by atoms with Crippen molar-refractivity contribution in [3.63, 3.8) is 0 Å². The molecule has 1 saturated heterocycles. The molecule has 1 aliphatic rings. The van der Waals surface area contributed by atoms with Crippen LogP contribution in [0.3, 0.4) is 0 Å². The van der Waals surface area contributed by atoms with Gasteiger partial charge >= 0.3 is 5.97 Å². The standard InChI is InChI=1S/C25H29N5O7S2/c1-35-14-13-30-23(18-5-9-21(10-6-18)39(33,34)29-11-15-37-16-12-29)27-28-25(30)38-17-22(31)26-20-7-3-19(4-8-20)24(32)36-2/h3-10H,11-17H2,1-2H3,(H,26,31). The number of nitrogens with one attached hydrogen (secondary N) is 1. The maximum atomic E-state index is 12.9. The highest BCUT2D eigenvalue weighted by molar-refractivity contribution is 7.99. The third-order valence-corrected chi connectivity index (χ3v) is 8.76. The van der Waals surface area contributed by atoms with E-state index in [-0.39, 0.29) is 16.6 Å². The summed E-state index contributed by atoms with van der Waals surface area (Å²) in [5, 5.41) is 11.9. The van der Waals surface area contributed by atoms with Crippen LogP contribution in [0.15, 0.2) is 58.6 Å². The highest BCUT2D eigenvalue weighted by atomic mass is 32.2. The number of amides is 1. The summed E-state index contributed by atoms with van der Waals surface area (Å²) in [7, 11) is -0.725. The zero-order valence-corrected chi connectivity index (χ0v) is 23.2. The van der Waals surface area contributed by atoms with Gasteiger partial charge in [0.15, 0.2) is 11.0 Å². The molecule has 1 fully saturated rings. The number of thioether (sulfide) groups is 1. The zero-order valence-electron chi connectivity index (χ0n) is 21.5. The summed E-state index contributed by atoms with van der Waals surface area (Å²) in [6, 6.07) is 12.9. The van der Waals surface area contributed by atoms with Crippen molar-refractivity contribution in [2.24, 2.45) is 0 Å². The summed E-state index contributed by atoms with van der Waals surface area (Å²) in [6.45, 7) is 2.22. The van der Waals surface area contributed by atoms with E-state index in [1.807, 2.05) is 4.57 Å². The number of aromatic nitrogens is 3. The molecule has 4 rings (SSSR count). The molecule has 12 nitrogen and oxygen atoms in total. The number of rotatable bonds is 11. The molecule has 1 aromatic heterocycles. The third kappa shape index (κ3) is 7.02. The van der Waals surface area contributed by atoms with Crippen LogP contribution < -0.4 is 5.32 Å². The Morgan fingerprint density at radius 2 is 1.72 bits per heavy atom. The minimum atomic E-state index is -3.61. The van der Waals surface area contributed by atoms with E-state index in [0.29, 0.717) is 67.3 Å². The average Bonchev–Trinajstić information content (AvgIpc) is 3.38. The van der Waals surface area contributed by atoms with Gasteiger partial charge in [-0.3, -0.25) is 9.36 Å². The van der Waals surface area contributed by atoms with Crippen LogP contribution in [0.4, 0.5) is 5.69 Å². The van der Waals surface area contributed by atoms with E-state index in [1.54, 1.807) is 55.6 Å². The first kappa shape index (κ1) is 28.7. The Morgan fingerprint density at radius 1 is 1.03 bits per heavy atom. The van der Waals surface area contributed by atoms with Gasteiger partial charge in [-0.15, -0.1) is 10.2 Å². The second-order valence-corrected chi connectivity index (χ2v) is 11.3. The van der Waals surface area contributed by atoms with E-state index in [2.05, 4.69) is 20.3 Å². The molecule has 14 heteroatoms. The van der Waals surface area contributed by atoms with Gasteiger partial charge in [0.1, 0.15) is 0 Å². The van der Waals surface area contributed by atoms with E-state index in [0.717, 1.165) is 0 Å². The van der Waals surface area contributed by atoms with Crippen molar-refractivity contribution in [3.05, 3.63) is 54.1 Å². The molecular formula is C25H29N5O7S2. The van der Waals surface area contributed by atoms with Crippen LogP contribution in [0.5, 0.6) is 0 Å². The minimum Gasteiger partial charge on any atom is -0.465 e. The SMILES string of the molecule is COCCn1c(SCC(=O)Nc2ccc(C(=O)OC)cc2)nnc1-c1ccc(S(=O)(=O)N2CCOCC2)cc1. The van der Waals surface area contributed by atoms with Crippen molar-refractivity contribution in [1.29, 1.82) is 0 Å². The number of hydrogen-bond acceptors (Lipinski definition) is 10. The number of ether oxygens (including phenoxy) is 3. The lowest BCUT2D eigenvalue weighted by molar-refractivity contribution is -0.113. The Labute approximate surface area is 230 Å². The number of carbonyl (C=O) groups is 2. The van der Waals surface area contributed by atoms with Gasteiger partial charge in [-0.05, 0) is 48.5 Å². The van der Waals surface area contributed by atoms with Crippen LogP contribution in [0, 0.1) is 0 Å². The number of esters is 1. The zero-order chi connectivity index (χ0) is 27.8. The van der Waals surface area contributed by atoms with Gasteiger partial charge in [0.05, 0.1) is 49.7 Å². The number of sulfonamides is 1. The predicted octanol–water partition coefficient (Wildman–Crippen LogP) is 2.13. The van der Waals surface area contributed by atoms with Gasteiger partial charge in [0.2, 0.25) is 15.9 Å². The number of morpholine rings is 1. The Balaban J connectivity index is 1.45. The van der Waals surface area contributed by atoms with Crippen molar-refractivity contribution in [1.82, 2.24) is 19.1 Å². The van der Waals surface area contributed by atoms with Gasteiger partial charge in [-0.1, -0.05) is 11.8 Å². The fourth-order valence-corrected chi connectivity index (χ4v) is 6.01. The lowest BCUT2D eigenvalue weighted by Gasteiger charge is -2.26. The molecule has 0 unspecified atom stereocenters. The van der Waals surface area contributed by atoms with Gasteiger partial charge in [0, 0.05) is 31.5 Å². The number of hydrogen-bond donors (Lipinski definition) is 1. The largest absolute Gasteiger partial charge is 0.465 e. The quantitative estimate of drug-likeness (QED) is 0.267. The summed E-state index contributed by atoms with van der Waals surface area (Å²) in [5.41, 5.74) is 1.61. The second-order valence-electron chi connectivity index (χ2n) is 8.40. The summed E-state index contributed by atoms with van der Waals surface area (Å²) in [5.74, 6) is -0.112. The Kier molecular flexibility index (Phi) is 9.69. The van der Waals surface area contributed by atoms with E-state index in [9.17, 15) is 18.0 Å². The summed E-state index contributed by atoms with van der Waals surface area (Å²) in [6.07, 6.45) is 0. The van der Waals surface area contributed by atoms with E-state index >= 15 is 0 Å². The highest BCUT2D eigenvalue weighted by Gasteiger charge is 2.26. The number of methoxy groups -OCH3 is 2. The van der Waals surface area contributed by atoms with Crippen LogP contribution in [-0.2, 0) is 35.6 Å². The molecule has 0 spiro atoms. The maximum Gasteiger partial charge on any atom is 0.337 e. The first-order chi connectivity index (χ1) is 18.8. The number of nitrogens with zero attached hydrogens (tertiary/aromatic N) is 4. The van der Waals surface area contributed by atoms with Gasteiger partial charge in [-0.2, -0.15) is 4.31 Å². The monoisotopic (exact) mass is 575 g/mol. The van der Waals surface area contributed by atoms with E-state index < -0.39 is 16.0 Å². The summed E-state index contributed by atoms with van der Waals surface area (Å²) >= 11 is 1.21. The molecule has 1 aliphatic heterocycles. The molecule has 2 aromatic carbocycles. The molecule has 208 valence electrons. The predicted molar refractivity (Wildman–Crippen MR) is 144 cm³/mol. The van der Waals surface area contributed by atoms with Crippen molar-refractivity contribution in [2.75, 3.05) is 58.2 Å².